The van der Waals surface area contributed by atoms with Crippen molar-refractivity contribution in [2.24, 2.45) is 0 Å². The smallest absolute Gasteiger partial charge is 0.0423 e. The summed E-state index contributed by atoms with van der Waals surface area (Å²) >= 11 is 0. The zero-order valence-electron chi connectivity index (χ0n) is 13.5. The van der Waals surface area contributed by atoms with Crippen LogP contribution in [0.3, 0.4) is 0 Å². The highest BCUT2D eigenvalue weighted by Gasteiger charge is 2.12. The molecular weight excluding hydrogens is 254 g/mol. The number of benzene rings is 2. The van der Waals surface area contributed by atoms with E-state index in [-0.39, 0.29) is 5.54 Å². The largest absolute Gasteiger partial charge is 0.380 e. The van der Waals surface area contributed by atoms with E-state index in [0.717, 1.165) is 0 Å². The monoisotopic (exact) mass is 277 g/mol. The fourth-order valence-corrected chi connectivity index (χ4v) is 2.93. The number of anilines is 1. The average molecular weight is 277 g/mol. The van der Waals surface area contributed by atoms with Crippen LogP contribution in [0, 0.1) is 10.4 Å². The van der Waals surface area contributed by atoms with Crippen LogP contribution < -0.4 is 15.8 Å². The molecule has 0 spiro atoms. The van der Waals surface area contributed by atoms with Crippen LogP contribution in [0.4, 0.5) is 5.69 Å². The highest BCUT2D eigenvalue weighted by Crippen LogP contribution is 2.16. The Hall–Kier alpha value is -2.02. The van der Waals surface area contributed by atoms with E-state index < -0.39 is 0 Å². The first kappa shape index (κ1) is 13.9. The van der Waals surface area contributed by atoms with Crippen molar-refractivity contribution in [2.75, 3.05) is 5.32 Å². The van der Waals surface area contributed by atoms with Crippen molar-refractivity contribution in [2.45, 2.75) is 40.2 Å². The van der Waals surface area contributed by atoms with Gasteiger partial charge in [0.1, 0.15) is 0 Å². The molecule has 0 atom stereocenters. The van der Waals surface area contributed by atoms with E-state index >= 15 is 0 Å². The predicted molar refractivity (Wildman–Crippen MR) is 91.5 cm³/mol. The predicted octanol–water partition coefficient (Wildman–Crippen LogP) is 3.52. The highest BCUT2D eigenvalue weighted by molar-refractivity contribution is 5.64. The van der Waals surface area contributed by atoms with E-state index in [2.05, 4.69) is 82.4 Å². The molecule has 21 heavy (non-hydrogen) atoms. The maximum absolute atomic E-state index is 3.66. The molecule has 1 N–H and O–H groups in total. The van der Waals surface area contributed by atoms with Gasteiger partial charge in [-0.15, -0.1) is 0 Å². The molecule has 1 heteroatoms. The summed E-state index contributed by atoms with van der Waals surface area (Å²) in [6, 6.07) is 13.2. The van der Waals surface area contributed by atoms with Crippen LogP contribution in [-0.2, 0) is 0 Å². The van der Waals surface area contributed by atoms with Gasteiger partial charge in [-0.2, -0.15) is 0 Å². The SMILES string of the molecule is CC(C)=c1cc2c(cc1NC(C)(C)C)=c1ccccc1=C2. The molecule has 1 nitrogen and oxygen atoms in total. The summed E-state index contributed by atoms with van der Waals surface area (Å²) in [5.41, 5.74) is 3.95. The fourth-order valence-electron chi connectivity index (χ4n) is 2.93. The Kier molecular flexibility index (Phi) is 3.16. The summed E-state index contributed by atoms with van der Waals surface area (Å²) in [7, 11) is 0. The molecule has 0 saturated heterocycles. The Morgan fingerprint density at radius 3 is 2.33 bits per heavy atom. The minimum absolute atomic E-state index is 0.0558. The number of fused-ring (bicyclic) bond motifs is 2. The van der Waals surface area contributed by atoms with Gasteiger partial charge in [-0.25, -0.2) is 0 Å². The lowest BCUT2D eigenvalue weighted by molar-refractivity contribution is 0.633. The van der Waals surface area contributed by atoms with Gasteiger partial charge >= 0.3 is 0 Å². The van der Waals surface area contributed by atoms with E-state index in [1.165, 1.54) is 37.7 Å². The van der Waals surface area contributed by atoms with E-state index in [0.29, 0.717) is 0 Å². The maximum atomic E-state index is 3.66. The second-order valence-electron chi connectivity index (χ2n) is 7.09. The van der Waals surface area contributed by atoms with Crippen LogP contribution in [0.1, 0.15) is 40.2 Å². The van der Waals surface area contributed by atoms with Gasteiger partial charge in [-0.1, -0.05) is 29.8 Å². The molecule has 0 bridgehead atoms. The van der Waals surface area contributed by atoms with E-state index in [1.807, 2.05) is 0 Å². The molecular formula is C20H23N. The fraction of sp³-hybridized carbons (Fsp3) is 0.300. The summed E-state index contributed by atoms with van der Waals surface area (Å²) in [4.78, 5) is 0. The number of hydrogen-bond donors (Lipinski definition) is 1. The molecule has 0 aromatic heterocycles. The molecule has 1 aliphatic rings. The average Bonchev–Trinajstić information content (AvgIpc) is 2.73. The maximum Gasteiger partial charge on any atom is 0.0423 e. The first-order valence-corrected chi connectivity index (χ1v) is 7.56. The third kappa shape index (κ3) is 2.61. The summed E-state index contributed by atoms with van der Waals surface area (Å²) in [6.45, 7) is 11.0. The van der Waals surface area contributed by atoms with Crippen molar-refractivity contribution in [3.63, 3.8) is 0 Å². The molecule has 3 rings (SSSR count). The third-order valence-corrected chi connectivity index (χ3v) is 3.80. The van der Waals surface area contributed by atoms with Crippen molar-refractivity contribution < 1.29 is 0 Å². The van der Waals surface area contributed by atoms with Gasteiger partial charge < -0.3 is 5.32 Å². The minimum atomic E-state index is 0.0558. The molecule has 2 aromatic rings. The van der Waals surface area contributed by atoms with Crippen LogP contribution in [0.25, 0.3) is 11.6 Å². The normalized spacial score (nSPS) is 12.4. The van der Waals surface area contributed by atoms with Crippen LogP contribution >= 0.6 is 0 Å². The molecule has 0 heterocycles. The van der Waals surface area contributed by atoms with E-state index in [4.69, 9.17) is 0 Å². The van der Waals surface area contributed by atoms with Crippen molar-refractivity contribution in [1.82, 2.24) is 0 Å². The Morgan fingerprint density at radius 2 is 1.67 bits per heavy atom. The zero-order valence-corrected chi connectivity index (χ0v) is 13.5. The Labute approximate surface area is 126 Å². The molecule has 108 valence electrons. The van der Waals surface area contributed by atoms with E-state index in [1.54, 1.807) is 0 Å². The third-order valence-electron chi connectivity index (χ3n) is 3.80. The highest BCUT2D eigenvalue weighted by atomic mass is 14.9. The lowest BCUT2D eigenvalue weighted by atomic mass is 10.0. The number of nitrogens with one attached hydrogen (secondary N) is 1. The topological polar surface area (TPSA) is 12.0 Å². The molecule has 1 aliphatic carbocycles. The first-order valence-electron chi connectivity index (χ1n) is 7.56. The second kappa shape index (κ2) is 4.77. The summed E-state index contributed by atoms with van der Waals surface area (Å²) in [6.07, 6.45) is 2.29. The summed E-state index contributed by atoms with van der Waals surface area (Å²) < 4.78 is 0. The molecule has 0 aliphatic heterocycles. The van der Waals surface area contributed by atoms with Gasteiger partial charge in [0, 0.05) is 11.2 Å². The van der Waals surface area contributed by atoms with Crippen LogP contribution in [0.2, 0.25) is 0 Å². The standard InChI is InChI=1S/C20H23N/c1-13(2)17-11-15-10-14-8-6-7-9-16(14)18(15)12-19(17)21-20(3,4)5/h6-12,21H,1-5H3. The quantitative estimate of drug-likeness (QED) is 0.717. The Balaban J connectivity index is 2.39. The van der Waals surface area contributed by atoms with Gasteiger partial charge in [0.25, 0.3) is 0 Å². The molecule has 0 amide bonds. The van der Waals surface area contributed by atoms with E-state index in [9.17, 15) is 0 Å². The van der Waals surface area contributed by atoms with Crippen molar-refractivity contribution in [3.05, 3.63) is 62.8 Å². The van der Waals surface area contributed by atoms with Crippen LogP contribution in [-0.4, -0.2) is 5.54 Å². The lowest BCUT2D eigenvalue weighted by Crippen LogP contribution is -2.29. The van der Waals surface area contributed by atoms with Crippen LogP contribution in [0.5, 0.6) is 0 Å². The Morgan fingerprint density at radius 1 is 0.952 bits per heavy atom. The molecule has 0 fully saturated rings. The lowest BCUT2D eigenvalue weighted by Gasteiger charge is -2.23. The molecule has 0 unspecified atom stereocenters. The Bertz CT molecular complexity index is 908. The summed E-state index contributed by atoms with van der Waals surface area (Å²) in [5.74, 6) is 0. The molecule has 0 saturated carbocycles. The number of hydrogen-bond acceptors (Lipinski definition) is 1. The van der Waals surface area contributed by atoms with Gasteiger partial charge in [-0.05, 0) is 79.3 Å². The number of rotatable bonds is 1. The second-order valence-corrected chi connectivity index (χ2v) is 7.09. The minimum Gasteiger partial charge on any atom is -0.380 e. The zero-order chi connectivity index (χ0) is 15.2. The van der Waals surface area contributed by atoms with Crippen molar-refractivity contribution in [1.29, 1.82) is 0 Å². The van der Waals surface area contributed by atoms with Crippen molar-refractivity contribution >= 4 is 17.3 Å². The van der Waals surface area contributed by atoms with Crippen molar-refractivity contribution in [3.8, 4) is 0 Å². The molecule has 0 radical (unpaired) electrons. The first-order chi connectivity index (χ1) is 9.85. The van der Waals surface area contributed by atoms with Gasteiger partial charge in [0.05, 0.1) is 0 Å². The van der Waals surface area contributed by atoms with Gasteiger partial charge in [-0.3, -0.25) is 0 Å². The van der Waals surface area contributed by atoms with Gasteiger partial charge in [0.2, 0.25) is 0 Å². The van der Waals surface area contributed by atoms with Crippen LogP contribution in [0.15, 0.2) is 36.4 Å². The summed E-state index contributed by atoms with van der Waals surface area (Å²) in [5, 5.41) is 8.96. The van der Waals surface area contributed by atoms with Gasteiger partial charge in [0.15, 0.2) is 0 Å². The molecule has 2 aromatic carbocycles.